The summed E-state index contributed by atoms with van der Waals surface area (Å²) in [6.45, 7) is 15.6. The molecule has 0 spiro atoms. The summed E-state index contributed by atoms with van der Waals surface area (Å²) >= 11 is 0. The molecule has 0 bridgehead atoms. The van der Waals surface area contributed by atoms with Crippen molar-refractivity contribution in [2.45, 2.75) is 60.6 Å². The van der Waals surface area contributed by atoms with Gasteiger partial charge in [-0.25, -0.2) is 0 Å². The van der Waals surface area contributed by atoms with E-state index >= 15 is 0 Å². The first-order chi connectivity index (χ1) is 6.05. The van der Waals surface area contributed by atoms with E-state index in [-0.39, 0.29) is 16.9 Å². The van der Waals surface area contributed by atoms with Crippen LogP contribution in [0.15, 0.2) is 0 Å². The molecule has 0 heterocycles. The zero-order valence-electron chi connectivity index (χ0n) is 10.8. The van der Waals surface area contributed by atoms with E-state index in [0.717, 1.165) is 0 Å². The molecule has 0 aliphatic heterocycles. The number of nitrogens with one attached hydrogen (secondary N) is 1. The number of aliphatic hydroxyl groups is 1. The van der Waals surface area contributed by atoms with Crippen molar-refractivity contribution in [1.29, 1.82) is 0 Å². The molecule has 0 rings (SSSR count). The van der Waals surface area contributed by atoms with Crippen molar-refractivity contribution in [1.82, 2.24) is 5.32 Å². The summed E-state index contributed by atoms with van der Waals surface area (Å²) < 4.78 is 0. The molecule has 0 amide bonds. The number of rotatable bonds is 3. The van der Waals surface area contributed by atoms with Gasteiger partial charge in [0.25, 0.3) is 0 Å². The van der Waals surface area contributed by atoms with Crippen molar-refractivity contribution in [2.75, 3.05) is 6.54 Å². The Hall–Kier alpha value is -0.0800. The molecular weight excluding hydrogens is 174 g/mol. The molecule has 2 N–H and O–H groups in total. The quantitative estimate of drug-likeness (QED) is 0.735. The fourth-order valence-electron chi connectivity index (χ4n) is 0.901. The third kappa shape index (κ3) is 4.97. The van der Waals surface area contributed by atoms with Gasteiger partial charge in [-0.05, 0) is 17.8 Å². The van der Waals surface area contributed by atoms with Gasteiger partial charge in [-0.2, -0.15) is 0 Å². The average molecular weight is 201 g/mol. The highest BCUT2D eigenvalue weighted by atomic mass is 16.3. The predicted octanol–water partition coefficient (Wildman–Crippen LogP) is 2.42. The lowest BCUT2D eigenvalue weighted by Gasteiger charge is -2.32. The largest absolute Gasteiger partial charge is 0.391 e. The van der Waals surface area contributed by atoms with Crippen LogP contribution < -0.4 is 5.32 Å². The van der Waals surface area contributed by atoms with Crippen LogP contribution in [-0.4, -0.2) is 23.8 Å². The van der Waals surface area contributed by atoms with E-state index in [2.05, 4.69) is 53.8 Å². The van der Waals surface area contributed by atoms with E-state index < -0.39 is 0 Å². The van der Waals surface area contributed by atoms with E-state index in [0.29, 0.717) is 12.6 Å². The molecule has 0 aromatic carbocycles. The van der Waals surface area contributed by atoms with Crippen molar-refractivity contribution in [3.63, 3.8) is 0 Å². The van der Waals surface area contributed by atoms with E-state index in [1.165, 1.54) is 0 Å². The fraction of sp³-hybridized carbons (Fsp3) is 1.00. The molecule has 0 aliphatic carbocycles. The molecule has 2 heteroatoms. The molecule has 0 aliphatic rings. The Balaban J connectivity index is 3.96. The summed E-state index contributed by atoms with van der Waals surface area (Å²) in [7, 11) is 0. The second-order valence-corrected chi connectivity index (χ2v) is 6.38. The molecule has 2 unspecified atom stereocenters. The van der Waals surface area contributed by atoms with Crippen LogP contribution in [0.25, 0.3) is 0 Å². The molecule has 0 aromatic rings. The molecule has 86 valence electrons. The Morgan fingerprint density at radius 3 is 1.71 bits per heavy atom. The van der Waals surface area contributed by atoms with E-state index in [9.17, 15) is 5.11 Å². The molecule has 0 aromatic heterocycles. The topological polar surface area (TPSA) is 32.3 Å². The lowest BCUT2D eigenvalue weighted by Crippen LogP contribution is -2.44. The van der Waals surface area contributed by atoms with Gasteiger partial charge in [-0.3, -0.25) is 0 Å². The van der Waals surface area contributed by atoms with E-state index in [4.69, 9.17) is 0 Å². The third-order valence-electron chi connectivity index (χ3n) is 2.92. The van der Waals surface area contributed by atoms with Crippen LogP contribution in [0, 0.1) is 10.8 Å². The standard InChI is InChI=1S/C12H27NO/c1-9(11(2,3)4)13-8-10(14)12(5,6)7/h9-10,13-14H,8H2,1-7H3. The normalized spacial score (nSPS) is 18.0. The van der Waals surface area contributed by atoms with Gasteiger partial charge < -0.3 is 10.4 Å². The third-order valence-corrected chi connectivity index (χ3v) is 2.92. The van der Waals surface area contributed by atoms with Crippen molar-refractivity contribution >= 4 is 0 Å². The zero-order valence-corrected chi connectivity index (χ0v) is 10.8. The monoisotopic (exact) mass is 201 g/mol. The van der Waals surface area contributed by atoms with Gasteiger partial charge in [-0.15, -0.1) is 0 Å². The van der Waals surface area contributed by atoms with Crippen LogP contribution in [0.4, 0.5) is 0 Å². The van der Waals surface area contributed by atoms with Gasteiger partial charge in [0.2, 0.25) is 0 Å². The molecule has 2 nitrogen and oxygen atoms in total. The summed E-state index contributed by atoms with van der Waals surface area (Å²) in [6, 6.07) is 0.416. The smallest absolute Gasteiger partial charge is 0.0712 e. The van der Waals surface area contributed by atoms with Gasteiger partial charge in [0.15, 0.2) is 0 Å². The molecule has 0 saturated carbocycles. The minimum atomic E-state index is -0.285. The Labute approximate surface area is 89.1 Å². The van der Waals surface area contributed by atoms with Crippen LogP contribution in [0.1, 0.15) is 48.5 Å². The Bertz CT molecular complexity index is 144. The maximum atomic E-state index is 9.84. The maximum Gasteiger partial charge on any atom is 0.0712 e. The SMILES string of the molecule is CC(NCC(O)C(C)(C)C)C(C)(C)C. The summed E-state index contributed by atoms with van der Waals surface area (Å²) in [5.41, 5.74) is 0.211. The van der Waals surface area contributed by atoms with Gasteiger partial charge in [0, 0.05) is 12.6 Å². The first-order valence-corrected chi connectivity index (χ1v) is 5.46. The summed E-state index contributed by atoms with van der Waals surface area (Å²) in [5.74, 6) is 0. The lowest BCUT2D eigenvalue weighted by atomic mass is 9.86. The predicted molar refractivity (Wildman–Crippen MR) is 62.4 cm³/mol. The number of hydrogen-bond acceptors (Lipinski definition) is 2. The molecule has 2 atom stereocenters. The van der Waals surface area contributed by atoms with E-state index in [1.54, 1.807) is 0 Å². The fourth-order valence-corrected chi connectivity index (χ4v) is 0.901. The van der Waals surface area contributed by atoms with Gasteiger partial charge in [0.05, 0.1) is 6.10 Å². The first kappa shape index (κ1) is 13.9. The van der Waals surface area contributed by atoms with Crippen LogP contribution in [-0.2, 0) is 0 Å². The van der Waals surface area contributed by atoms with Gasteiger partial charge in [0.1, 0.15) is 0 Å². The Morgan fingerprint density at radius 1 is 1.00 bits per heavy atom. The van der Waals surface area contributed by atoms with Gasteiger partial charge >= 0.3 is 0 Å². The van der Waals surface area contributed by atoms with Crippen LogP contribution >= 0.6 is 0 Å². The van der Waals surface area contributed by atoms with Crippen molar-refractivity contribution in [3.8, 4) is 0 Å². The maximum absolute atomic E-state index is 9.84. The van der Waals surface area contributed by atoms with E-state index in [1.807, 2.05) is 0 Å². The Kier molecular flexibility index (Phi) is 4.60. The van der Waals surface area contributed by atoms with Crippen LogP contribution in [0.2, 0.25) is 0 Å². The highest BCUT2D eigenvalue weighted by Crippen LogP contribution is 2.21. The van der Waals surface area contributed by atoms with Crippen molar-refractivity contribution in [3.05, 3.63) is 0 Å². The highest BCUT2D eigenvalue weighted by molar-refractivity contribution is 4.80. The van der Waals surface area contributed by atoms with Crippen LogP contribution in [0.3, 0.4) is 0 Å². The van der Waals surface area contributed by atoms with Crippen LogP contribution in [0.5, 0.6) is 0 Å². The number of aliphatic hydroxyl groups excluding tert-OH is 1. The number of hydrogen-bond donors (Lipinski definition) is 2. The minimum Gasteiger partial charge on any atom is -0.391 e. The summed E-state index contributed by atoms with van der Waals surface area (Å²) in [4.78, 5) is 0. The molecule has 0 radical (unpaired) electrons. The second kappa shape index (κ2) is 4.63. The van der Waals surface area contributed by atoms with Crippen molar-refractivity contribution in [2.24, 2.45) is 10.8 Å². The zero-order chi connectivity index (χ0) is 11.6. The molecule has 14 heavy (non-hydrogen) atoms. The van der Waals surface area contributed by atoms with Crippen molar-refractivity contribution < 1.29 is 5.11 Å². The second-order valence-electron chi connectivity index (χ2n) is 6.38. The average Bonchev–Trinajstić information content (AvgIpc) is 1.95. The molecule has 0 saturated heterocycles. The molecule has 0 fully saturated rings. The summed E-state index contributed by atoms with van der Waals surface area (Å²) in [6.07, 6.45) is -0.285. The molecular formula is C12H27NO. The first-order valence-electron chi connectivity index (χ1n) is 5.46. The summed E-state index contributed by atoms with van der Waals surface area (Å²) in [5, 5.41) is 13.2. The lowest BCUT2D eigenvalue weighted by molar-refractivity contribution is 0.0568. The highest BCUT2D eigenvalue weighted by Gasteiger charge is 2.25. The Morgan fingerprint density at radius 2 is 1.43 bits per heavy atom. The van der Waals surface area contributed by atoms with Gasteiger partial charge in [-0.1, -0.05) is 41.5 Å². The minimum absolute atomic E-state index is 0.0371.